The number of piperazine rings is 1. The van der Waals surface area contributed by atoms with E-state index in [2.05, 4.69) is 29.4 Å². The third-order valence-electron chi connectivity index (χ3n) is 3.56. The van der Waals surface area contributed by atoms with E-state index < -0.39 is 0 Å². The molecule has 2 rings (SSSR count). The zero-order chi connectivity index (χ0) is 11.6. The van der Waals surface area contributed by atoms with Gasteiger partial charge in [0, 0.05) is 51.4 Å². The lowest BCUT2D eigenvalue weighted by Crippen LogP contribution is -2.59. The van der Waals surface area contributed by atoms with Crippen molar-refractivity contribution in [2.24, 2.45) is 0 Å². The first-order valence-corrected chi connectivity index (χ1v) is 6.08. The summed E-state index contributed by atoms with van der Waals surface area (Å²) in [6.07, 6.45) is 0. The van der Waals surface area contributed by atoms with Crippen LogP contribution in [0.2, 0.25) is 0 Å². The fraction of sp³-hybridized carbons (Fsp3) is 0.909. The summed E-state index contributed by atoms with van der Waals surface area (Å²) in [5.41, 5.74) is 0.203. The van der Waals surface area contributed by atoms with Crippen molar-refractivity contribution in [1.29, 1.82) is 0 Å². The monoisotopic (exact) mass is 226 g/mol. The molecule has 5 heteroatoms. The fourth-order valence-electron chi connectivity index (χ4n) is 2.40. The highest BCUT2D eigenvalue weighted by molar-refractivity contribution is 5.76. The smallest absolute Gasteiger partial charge is 0.317 e. The van der Waals surface area contributed by atoms with Crippen molar-refractivity contribution in [1.82, 2.24) is 20.4 Å². The molecule has 92 valence electrons. The number of carbonyl (C=O) groups is 1. The van der Waals surface area contributed by atoms with Crippen molar-refractivity contribution in [2.45, 2.75) is 19.4 Å². The Morgan fingerprint density at radius 2 is 2.06 bits per heavy atom. The molecule has 0 atom stereocenters. The van der Waals surface area contributed by atoms with E-state index in [1.807, 2.05) is 4.90 Å². The third kappa shape index (κ3) is 2.47. The number of amides is 2. The number of hydrogen-bond donors (Lipinski definition) is 2. The van der Waals surface area contributed by atoms with E-state index in [0.29, 0.717) is 0 Å². The standard InChI is InChI=1S/C11H22N4O/c1-11(2)9-12-3-6-15(11)8-7-14-5-4-13-10(14)16/h12H,3-9H2,1-2H3,(H,13,16). The molecule has 2 amide bonds. The molecule has 2 heterocycles. The van der Waals surface area contributed by atoms with Crippen molar-refractivity contribution in [2.75, 3.05) is 45.8 Å². The zero-order valence-electron chi connectivity index (χ0n) is 10.3. The first kappa shape index (κ1) is 11.7. The molecule has 0 bridgehead atoms. The minimum Gasteiger partial charge on any atom is -0.336 e. The first-order valence-electron chi connectivity index (χ1n) is 6.08. The van der Waals surface area contributed by atoms with Gasteiger partial charge in [-0.15, -0.1) is 0 Å². The van der Waals surface area contributed by atoms with Gasteiger partial charge in [-0.1, -0.05) is 0 Å². The summed E-state index contributed by atoms with van der Waals surface area (Å²) < 4.78 is 0. The summed E-state index contributed by atoms with van der Waals surface area (Å²) >= 11 is 0. The van der Waals surface area contributed by atoms with Crippen LogP contribution >= 0.6 is 0 Å². The molecule has 0 radical (unpaired) electrons. The topological polar surface area (TPSA) is 47.6 Å². The summed E-state index contributed by atoms with van der Waals surface area (Å²) in [6, 6.07) is 0.0907. The molecule has 0 spiro atoms. The van der Waals surface area contributed by atoms with Crippen molar-refractivity contribution < 1.29 is 4.79 Å². The van der Waals surface area contributed by atoms with E-state index in [0.717, 1.165) is 45.8 Å². The van der Waals surface area contributed by atoms with Crippen LogP contribution in [-0.2, 0) is 0 Å². The van der Waals surface area contributed by atoms with Gasteiger partial charge in [-0.2, -0.15) is 0 Å². The Balaban J connectivity index is 1.82. The third-order valence-corrected chi connectivity index (χ3v) is 3.56. The average molecular weight is 226 g/mol. The van der Waals surface area contributed by atoms with Crippen molar-refractivity contribution in [3.05, 3.63) is 0 Å². The Morgan fingerprint density at radius 3 is 2.69 bits per heavy atom. The van der Waals surface area contributed by atoms with Gasteiger partial charge in [0.15, 0.2) is 0 Å². The average Bonchev–Trinajstić information content (AvgIpc) is 2.62. The minimum atomic E-state index is 0.0907. The lowest BCUT2D eigenvalue weighted by Gasteiger charge is -2.43. The summed E-state index contributed by atoms with van der Waals surface area (Å²) in [5, 5.41) is 6.24. The summed E-state index contributed by atoms with van der Waals surface area (Å²) in [6.45, 7) is 11.1. The normalized spacial score (nSPS) is 25.9. The fourth-order valence-corrected chi connectivity index (χ4v) is 2.40. The van der Waals surface area contributed by atoms with E-state index in [1.165, 1.54) is 0 Å². The van der Waals surface area contributed by atoms with Crippen LogP contribution in [0.25, 0.3) is 0 Å². The molecule has 2 aliphatic rings. The van der Waals surface area contributed by atoms with Gasteiger partial charge in [0.05, 0.1) is 0 Å². The predicted molar refractivity (Wildman–Crippen MR) is 63.5 cm³/mol. The molecule has 16 heavy (non-hydrogen) atoms. The van der Waals surface area contributed by atoms with Gasteiger partial charge >= 0.3 is 6.03 Å². The van der Waals surface area contributed by atoms with Gasteiger partial charge < -0.3 is 15.5 Å². The lowest BCUT2D eigenvalue weighted by molar-refractivity contribution is 0.0829. The SMILES string of the molecule is CC1(C)CNCCN1CCN1CCNC1=O. The van der Waals surface area contributed by atoms with Gasteiger partial charge in [-0.3, -0.25) is 4.90 Å². The van der Waals surface area contributed by atoms with Gasteiger partial charge in [-0.25, -0.2) is 4.79 Å². The Kier molecular flexibility index (Phi) is 3.35. The number of rotatable bonds is 3. The molecule has 0 unspecified atom stereocenters. The molecule has 0 saturated carbocycles. The molecule has 0 aliphatic carbocycles. The van der Waals surface area contributed by atoms with Gasteiger partial charge in [0.25, 0.3) is 0 Å². The van der Waals surface area contributed by atoms with Crippen LogP contribution in [0.4, 0.5) is 4.79 Å². The highest BCUT2D eigenvalue weighted by atomic mass is 16.2. The largest absolute Gasteiger partial charge is 0.336 e. The maximum Gasteiger partial charge on any atom is 0.317 e. The van der Waals surface area contributed by atoms with Crippen LogP contribution in [0.3, 0.4) is 0 Å². The Hall–Kier alpha value is -0.810. The van der Waals surface area contributed by atoms with Crippen molar-refractivity contribution in [3.63, 3.8) is 0 Å². The molecule has 0 aromatic carbocycles. The van der Waals surface area contributed by atoms with E-state index in [-0.39, 0.29) is 11.6 Å². The maximum atomic E-state index is 11.4. The van der Waals surface area contributed by atoms with Crippen LogP contribution in [0.1, 0.15) is 13.8 Å². The molecular formula is C11H22N4O. The van der Waals surface area contributed by atoms with Crippen LogP contribution in [0.5, 0.6) is 0 Å². The van der Waals surface area contributed by atoms with E-state index in [9.17, 15) is 4.79 Å². The predicted octanol–water partition coefficient (Wildman–Crippen LogP) is -0.305. The van der Waals surface area contributed by atoms with Gasteiger partial charge in [-0.05, 0) is 13.8 Å². The van der Waals surface area contributed by atoms with E-state index in [4.69, 9.17) is 0 Å². The van der Waals surface area contributed by atoms with Gasteiger partial charge in [0.2, 0.25) is 0 Å². The molecule has 2 N–H and O–H groups in total. The van der Waals surface area contributed by atoms with Crippen molar-refractivity contribution in [3.8, 4) is 0 Å². The van der Waals surface area contributed by atoms with E-state index in [1.54, 1.807) is 0 Å². The minimum absolute atomic E-state index is 0.0907. The Morgan fingerprint density at radius 1 is 1.25 bits per heavy atom. The number of urea groups is 1. The second-order valence-corrected chi connectivity index (χ2v) is 5.20. The molecule has 2 saturated heterocycles. The molecule has 0 aromatic heterocycles. The lowest BCUT2D eigenvalue weighted by atomic mass is 10.0. The molecule has 5 nitrogen and oxygen atoms in total. The Bertz CT molecular complexity index is 267. The van der Waals surface area contributed by atoms with Crippen LogP contribution in [0, 0.1) is 0 Å². The second kappa shape index (κ2) is 4.59. The summed E-state index contributed by atoms with van der Waals surface area (Å²) in [7, 11) is 0. The van der Waals surface area contributed by atoms with Crippen LogP contribution in [-0.4, -0.2) is 67.2 Å². The number of nitrogens with one attached hydrogen (secondary N) is 2. The highest BCUT2D eigenvalue weighted by Crippen LogP contribution is 2.15. The molecule has 2 aliphatic heterocycles. The van der Waals surface area contributed by atoms with Crippen LogP contribution < -0.4 is 10.6 Å². The second-order valence-electron chi connectivity index (χ2n) is 5.20. The zero-order valence-corrected chi connectivity index (χ0v) is 10.3. The molecule has 0 aromatic rings. The number of hydrogen-bond acceptors (Lipinski definition) is 3. The molecule has 2 fully saturated rings. The molecular weight excluding hydrogens is 204 g/mol. The quantitative estimate of drug-likeness (QED) is 0.694. The first-order chi connectivity index (χ1) is 7.59. The van der Waals surface area contributed by atoms with Crippen LogP contribution in [0.15, 0.2) is 0 Å². The Labute approximate surface area is 97.2 Å². The highest BCUT2D eigenvalue weighted by Gasteiger charge is 2.30. The van der Waals surface area contributed by atoms with Crippen molar-refractivity contribution >= 4 is 6.03 Å². The van der Waals surface area contributed by atoms with Gasteiger partial charge in [0.1, 0.15) is 0 Å². The maximum absolute atomic E-state index is 11.4. The number of nitrogens with zero attached hydrogens (tertiary/aromatic N) is 2. The summed E-state index contributed by atoms with van der Waals surface area (Å²) in [4.78, 5) is 15.8. The number of carbonyl (C=O) groups excluding carboxylic acids is 1. The van der Waals surface area contributed by atoms with E-state index >= 15 is 0 Å². The summed E-state index contributed by atoms with van der Waals surface area (Å²) in [5.74, 6) is 0.